The Balaban J connectivity index is 1.20. The van der Waals surface area contributed by atoms with Crippen LogP contribution in [0.3, 0.4) is 0 Å². The van der Waals surface area contributed by atoms with E-state index in [1.54, 1.807) is 12.1 Å². The van der Waals surface area contributed by atoms with Crippen LogP contribution in [-0.2, 0) is 35.4 Å². The van der Waals surface area contributed by atoms with Gasteiger partial charge in [-0.2, -0.15) is 0 Å². The summed E-state index contributed by atoms with van der Waals surface area (Å²) in [7, 11) is 0. The zero-order valence-corrected chi connectivity index (χ0v) is 33.6. The molecule has 3 heterocycles. The van der Waals surface area contributed by atoms with Gasteiger partial charge in [-0.25, -0.2) is 4.98 Å². The summed E-state index contributed by atoms with van der Waals surface area (Å²) >= 11 is 7.71. The molecule has 0 bridgehead atoms. The topological polar surface area (TPSA) is 159 Å². The fourth-order valence-corrected chi connectivity index (χ4v) is 8.96. The van der Waals surface area contributed by atoms with E-state index in [1.807, 2.05) is 64.1 Å². The summed E-state index contributed by atoms with van der Waals surface area (Å²) in [4.78, 5) is 81.3. The van der Waals surface area contributed by atoms with Crippen LogP contribution in [0.1, 0.15) is 102 Å². The number of carbonyl (C=O) groups excluding carboxylic acids is 5. The highest BCUT2D eigenvalue weighted by atomic mass is 35.5. The first-order valence-corrected chi connectivity index (χ1v) is 20.5. The molecular weight excluding hydrogens is 740 g/mol. The Morgan fingerprint density at radius 1 is 1.04 bits per heavy atom. The number of rotatable bonds is 13. The predicted octanol–water partition coefficient (Wildman–Crippen LogP) is 6.09. The van der Waals surface area contributed by atoms with Gasteiger partial charge < -0.3 is 25.7 Å². The highest BCUT2D eigenvalue weighted by Crippen LogP contribution is 2.40. The number of thiazole rings is 1. The van der Waals surface area contributed by atoms with Gasteiger partial charge in [0.05, 0.1) is 35.1 Å². The maximum Gasteiger partial charge on any atom is 0.289 e. The number of hydrogen-bond donors (Lipinski definition) is 3. The smallest absolute Gasteiger partial charge is 0.289 e. The number of oxime groups is 1. The number of ketones is 1. The van der Waals surface area contributed by atoms with Crippen LogP contribution in [-0.4, -0.2) is 75.3 Å². The zero-order valence-electron chi connectivity index (χ0n) is 32.0. The van der Waals surface area contributed by atoms with Crippen molar-refractivity contribution < 1.29 is 28.8 Å². The lowest BCUT2D eigenvalue weighted by molar-refractivity contribution is -0.145. The lowest BCUT2D eigenvalue weighted by atomic mass is 9.84. The first kappa shape index (κ1) is 40.3. The molecule has 2 aromatic carbocycles. The third-order valence-electron chi connectivity index (χ3n) is 10.8. The number of halogens is 1. The minimum atomic E-state index is -1.13. The molecule has 2 aliphatic heterocycles. The number of aromatic nitrogens is 1. The number of nitrogens with zero attached hydrogens (tertiary/aromatic N) is 3. The van der Waals surface area contributed by atoms with Gasteiger partial charge in [0.15, 0.2) is 5.60 Å². The number of likely N-dealkylation sites (tertiary alicyclic amines) is 1. The standard InChI is InChI=1S/C41H51ClN6O6S/c1-5-12-29(35(50)38(52)43-23-34-44-28-17-9-10-18-32(28)55-34)45-37(51)31-22-41(21-30(47-54-41)26-15-11-16-27(42)20-26)24-48(31)39(53)36(40(2,3)4)46-33(49)19-25-13-7-6-8-14-25/h9-11,15-18,20,25,29,31,36H,5-8,12-14,19,21-24H2,1-4H3,(H,43,52)(H,45,51)(H,46,49)/t29-,31-,36+,41+/m0/s1. The largest absolute Gasteiger partial charge is 0.387 e. The molecular formula is C41H51ClN6O6S. The van der Waals surface area contributed by atoms with Crippen LogP contribution < -0.4 is 16.0 Å². The molecule has 12 nitrogen and oxygen atoms in total. The van der Waals surface area contributed by atoms with E-state index in [0.717, 1.165) is 41.5 Å². The summed E-state index contributed by atoms with van der Waals surface area (Å²) in [5.41, 5.74) is 0.470. The van der Waals surface area contributed by atoms with Gasteiger partial charge in [-0.1, -0.05) is 94.4 Å². The van der Waals surface area contributed by atoms with Crippen LogP contribution in [0.4, 0.5) is 0 Å². The van der Waals surface area contributed by atoms with Gasteiger partial charge >= 0.3 is 0 Å². The second kappa shape index (κ2) is 17.2. The average Bonchev–Trinajstić information content (AvgIpc) is 3.88. The van der Waals surface area contributed by atoms with Crippen molar-refractivity contribution in [2.45, 2.75) is 122 Å². The molecule has 294 valence electrons. The van der Waals surface area contributed by atoms with Gasteiger partial charge in [0.1, 0.15) is 17.1 Å². The lowest BCUT2D eigenvalue weighted by Crippen LogP contribution is -2.59. The van der Waals surface area contributed by atoms with E-state index in [-0.39, 0.29) is 37.8 Å². The fourth-order valence-electron chi connectivity index (χ4n) is 7.86. The molecule has 3 aromatic rings. The second-order valence-electron chi connectivity index (χ2n) is 16.2. The third kappa shape index (κ3) is 9.72. The summed E-state index contributed by atoms with van der Waals surface area (Å²) in [6, 6.07) is 11.7. The summed E-state index contributed by atoms with van der Waals surface area (Å²) in [6.45, 7) is 7.59. The van der Waals surface area contributed by atoms with E-state index in [0.29, 0.717) is 35.0 Å². The normalized spacial score (nSPS) is 21.1. The summed E-state index contributed by atoms with van der Waals surface area (Å²) < 4.78 is 0.969. The van der Waals surface area contributed by atoms with E-state index in [4.69, 9.17) is 16.4 Å². The van der Waals surface area contributed by atoms with Crippen molar-refractivity contribution in [2.75, 3.05) is 6.54 Å². The van der Waals surface area contributed by atoms with Crippen molar-refractivity contribution in [1.82, 2.24) is 25.8 Å². The zero-order chi connectivity index (χ0) is 39.3. The summed E-state index contributed by atoms with van der Waals surface area (Å²) in [6.07, 6.45) is 6.80. The third-order valence-corrected chi connectivity index (χ3v) is 12.0. The summed E-state index contributed by atoms with van der Waals surface area (Å²) in [5.74, 6) is -2.54. The number of Topliss-reactive ketones (excluding diaryl/α,β-unsaturated/α-hetero) is 1. The molecule has 3 aliphatic rings. The van der Waals surface area contributed by atoms with E-state index < -0.39 is 52.6 Å². The molecule has 0 unspecified atom stereocenters. The first-order valence-electron chi connectivity index (χ1n) is 19.3. The van der Waals surface area contributed by atoms with Gasteiger partial charge in [0.25, 0.3) is 5.91 Å². The van der Waals surface area contributed by atoms with Gasteiger partial charge in [0.2, 0.25) is 23.5 Å². The number of nitrogens with one attached hydrogen (secondary N) is 3. The number of benzene rings is 2. The van der Waals surface area contributed by atoms with Gasteiger partial charge in [-0.05, 0) is 54.9 Å². The number of amides is 4. The quantitative estimate of drug-likeness (QED) is 0.177. The van der Waals surface area contributed by atoms with Crippen molar-refractivity contribution >= 4 is 68.3 Å². The monoisotopic (exact) mass is 790 g/mol. The van der Waals surface area contributed by atoms with Gasteiger partial charge in [0, 0.05) is 29.8 Å². The van der Waals surface area contributed by atoms with Crippen molar-refractivity contribution in [1.29, 1.82) is 0 Å². The van der Waals surface area contributed by atoms with Crippen LogP contribution >= 0.6 is 22.9 Å². The molecule has 1 saturated carbocycles. The minimum Gasteiger partial charge on any atom is -0.387 e. The number of para-hydroxylation sites is 1. The van der Waals surface area contributed by atoms with E-state index in [1.165, 1.54) is 22.7 Å². The Morgan fingerprint density at radius 3 is 2.51 bits per heavy atom. The fraction of sp³-hybridized carbons (Fsp3) is 0.537. The summed E-state index contributed by atoms with van der Waals surface area (Å²) in [5, 5.41) is 14.1. The number of fused-ring (bicyclic) bond motifs is 1. The highest BCUT2D eigenvalue weighted by molar-refractivity contribution is 7.18. The van der Waals surface area contributed by atoms with Crippen LogP contribution in [0.2, 0.25) is 5.02 Å². The molecule has 1 aliphatic carbocycles. The van der Waals surface area contributed by atoms with Crippen molar-refractivity contribution in [3.63, 3.8) is 0 Å². The Kier molecular flexibility index (Phi) is 12.6. The molecule has 3 N–H and O–H groups in total. The maximum absolute atomic E-state index is 14.7. The number of carbonyl (C=O) groups is 5. The molecule has 55 heavy (non-hydrogen) atoms. The Hall–Kier alpha value is -4.36. The molecule has 1 spiro atoms. The van der Waals surface area contributed by atoms with Crippen molar-refractivity contribution in [3.8, 4) is 0 Å². The predicted molar refractivity (Wildman–Crippen MR) is 212 cm³/mol. The van der Waals surface area contributed by atoms with E-state index in [2.05, 4.69) is 26.1 Å². The molecule has 2 fully saturated rings. The van der Waals surface area contributed by atoms with E-state index >= 15 is 0 Å². The lowest BCUT2D eigenvalue weighted by Gasteiger charge is -2.36. The Morgan fingerprint density at radius 2 is 1.80 bits per heavy atom. The maximum atomic E-state index is 14.7. The van der Waals surface area contributed by atoms with Crippen molar-refractivity contribution in [3.05, 3.63) is 64.1 Å². The van der Waals surface area contributed by atoms with E-state index in [9.17, 15) is 24.0 Å². The van der Waals surface area contributed by atoms with Gasteiger partial charge in [-0.3, -0.25) is 24.0 Å². The number of hydrogen-bond acceptors (Lipinski definition) is 9. The van der Waals surface area contributed by atoms with Crippen LogP contribution in [0.15, 0.2) is 53.7 Å². The van der Waals surface area contributed by atoms with Crippen LogP contribution in [0.25, 0.3) is 10.2 Å². The first-order chi connectivity index (χ1) is 26.2. The molecule has 0 radical (unpaired) electrons. The minimum absolute atomic E-state index is 0.0254. The average molecular weight is 791 g/mol. The molecule has 1 aromatic heterocycles. The second-order valence-corrected chi connectivity index (χ2v) is 17.8. The molecule has 14 heteroatoms. The Labute approximate surface area is 331 Å². The SMILES string of the molecule is CCC[C@H](NC(=O)[C@@H]1C[C@]2(CC(c3cccc(Cl)c3)=NO2)CN1C(=O)[C@@H](NC(=O)CC1CCCCC1)C(C)(C)C)C(=O)C(=O)NCc1nc2ccccc2s1. The highest BCUT2D eigenvalue weighted by Gasteiger charge is 2.55. The molecule has 4 amide bonds. The molecule has 4 atom stereocenters. The van der Waals surface area contributed by atoms with Crippen LogP contribution in [0.5, 0.6) is 0 Å². The van der Waals surface area contributed by atoms with Crippen molar-refractivity contribution in [2.24, 2.45) is 16.5 Å². The molecule has 1 saturated heterocycles. The Bertz CT molecular complexity index is 1920. The van der Waals surface area contributed by atoms with Gasteiger partial charge in [-0.15, -0.1) is 11.3 Å². The van der Waals surface area contributed by atoms with Crippen LogP contribution in [0, 0.1) is 11.3 Å². The molecule has 6 rings (SSSR count).